The summed E-state index contributed by atoms with van der Waals surface area (Å²) >= 11 is 0. The molecular weight excluding hydrogens is 384 g/mol. The van der Waals surface area contributed by atoms with Crippen molar-refractivity contribution in [3.8, 4) is 0 Å². The monoisotopic (exact) mass is 414 g/mol. The Balaban J connectivity index is 2.94. The number of carboxylic acids is 2. The second-order valence-corrected chi connectivity index (χ2v) is 7.52. The first-order valence-electron chi connectivity index (χ1n) is 9.57. The Morgan fingerprint density at radius 2 is 1.72 bits per heavy atom. The predicted octanol–water partition coefficient (Wildman–Crippen LogP) is -1.10. The Bertz CT molecular complexity index is 652. The van der Waals surface area contributed by atoms with Crippen LogP contribution in [-0.2, 0) is 24.0 Å². The van der Waals surface area contributed by atoms with E-state index in [4.69, 9.17) is 15.9 Å². The Labute approximate surface area is 169 Å². The van der Waals surface area contributed by atoms with Crippen molar-refractivity contribution in [2.24, 2.45) is 11.7 Å². The van der Waals surface area contributed by atoms with Crippen LogP contribution in [0.3, 0.4) is 0 Å². The van der Waals surface area contributed by atoms with Crippen molar-refractivity contribution in [2.45, 2.75) is 70.6 Å². The highest BCUT2D eigenvalue weighted by Crippen LogP contribution is 2.20. The number of amides is 3. The number of hydrogen-bond donors (Lipinski definition) is 5. The molecule has 1 fully saturated rings. The molecule has 0 aliphatic carbocycles. The van der Waals surface area contributed by atoms with E-state index in [1.807, 2.05) is 0 Å². The third-order valence-electron chi connectivity index (χ3n) is 4.85. The van der Waals surface area contributed by atoms with Gasteiger partial charge in [-0.15, -0.1) is 0 Å². The lowest BCUT2D eigenvalue weighted by molar-refractivity contribution is -0.145. The molecule has 1 aliphatic heterocycles. The fourth-order valence-corrected chi connectivity index (χ4v) is 2.97. The SMILES string of the molecule is CC(NC(=O)C1CCCN1C(=O)C(CCC(=O)O)NC(=O)C(N)C(C)C)C(=O)O. The fraction of sp³-hybridized carbons (Fsp3) is 0.722. The maximum atomic E-state index is 13.0. The van der Waals surface area contributed by atoms with E-state index in [9.17, 15) is 24.0 Å². The van der Waals surface area contributed by atoms with Gasteiger partial charge in [0, 0.05) is 13.0 Å². The zero-order valence-corrected chi connectivity index (χ0v) is 16.9. The molecule has 6 N–H and O–H groups in total. The zero-order valence-electron chi connectivity index (χ0n) is 16.9. The van der Waals surface area contributed by atoms with E-state index in [0.29, 0.717) is 12.8 Å². The summed E-state index contributed by atoms with van der Waals surface area (Å²) < 4.78 is 0. The van der Waals surface area contributed by atoms with Gasteiger partial charge < -0.3 is 31.5 Å². The smallest absolute Gasteiger partial charge is 0.325 e. The molecule has 11 nitrogen and oxygen atoms in total. The lowest BCUT2D eigenvalue weighted by atomic mass is 10.0. The van der Waals surface area contributed by atoms with Gasteiger partial charge in [-0.3, -0.25) is 24.0 Å². The molecule has 29 heavy (non-hydrogen) atoms. The van der Waals surface area contributed by atoms with Gasteiger partial charge in [-0.05, 0) is 32.1 Å². The van der Waals surface area contributed by atoms with Gasteiger partial charge in [-0.1, -0.05) is 13.8 Å². The highest BCUT2D eigenvalue weighted by molar-refractivity contribution is 5.94. The van der Waals surface area contributed by atoms with Crippen molar-refractivity contribution < 1.29 is 34.2 Å². The maximum Gasteiger partial charge on any atom is 0.325 e. The summed E-state index contributed by atoms with van der Waals surface area (Å²) in [5.74, 6) is -4.29. The first-order valence-corrected chi connectivity index (χ1v) is 9.57. The summed E-state index contributed by atoms with van der Waals surface area (Å²) in [6, 6.07) is -4.02. The van der Waals surface area contributed by atoms with E-state index in [1.165, 1.54) is 11.8 Å². The molecule has 1 rings (SSSR count). The number of likely N-dealkylation sites (tertiary alicyclic amines) is 1. The lowest BCUT2D eigenvalue weighted by Gasteiger charge is -2.29. The Morgan fingerprint density at radius 3 is 2.24 bits per heavy atom. The minimum atomic E-state index is -1.21. The molecule has 1 heterocycles. The van der Waals surface area contributed by atoms with Crippen molar-refractivity contribution in [3.05, 3.63) is 0 Å². The summed E-state index contributed by atoms with van der Waals surface area (Å²) in [6.45, 7) is 5.03. The molecule has 1 saturated heterocycles. The van der Waals surface area contributed by atoms with Crippen LogP contribution in [-0.4, -0.2) is 75.5 Å². The van der Waals surface area contributed by atoms with E-state index in [2.05, 4.69) is 10.6 Å². The maximum absolute atomic E-state index is 13.0. The summed E-state index contributed by atoms with van der Waals surface area (Å²) in [5, 5.41) is 22.7. The van der Waals surface area contributed by atoms with E-state index in [-0.39, 0.29) is 25.3 Å². The summed E-state index contributed by atoms with van der Waals surface area (Å²) in [5.41, 5.74) is 5.80. The third-order valence-corrected chi connectivity index (χ3v) is 4.85. The van der Waals surface area contributed by atoms with E-state index in [0.717, 1.165) is 0 Å². The second kappa shape index (κ2) is 10.7. The van der Waals surface area contributed by atoms with Crippen LogP contribution in [0.5, 0.6) is 0 Å². The van der Waals surface area contributed by atoms with Gasteiger partial charge in [0.15, 0.2) is 0 Å². The minimum absolute atomic E-state index is 0.152. The molecular formula is C18H30N4O7. The van der Waals surface area contributed by atoms with Crippen LogP contribution in [0.15, 0.2) is 0 Å². The quantitative estimate of drug-likeness (QED) is 0.299. The Kier molecular flexibility index (Phi) is 9.02. The van der Waals surface area contributed by atoms with Gasteiger partial charge in [-0.25, -0.2) is 0 Å². The summed E-state index contributed by atoms with van der Waals surface area (Å²) in [7, 11) is 0. The second-order valence-electron chi connectivity index (χ2n) is 7.52. The number of hydrogen-bond acceptors (Lipinski definition) is 6. The molecule has 0 aromatic rings. The topological polar surface area (TPSA) is 179 Å². The average molecular weight is 414 g/mol. The van der Waals surface area contributed by atoms with E-state index in [1.54, 1.807) is 13.8 Å². The van der Waals surface area contributed by atoms with Crippen LogP contribution >= 0.6 is 0 Å². The Hall–Kier alpha value is -2.69. The first-order chi connectivity index (χ1) is 13.5. The highest BCUT2D eigenvalue weighted by Gasteiger charge is 2.38. The van der Waals surface area contributed by atoms with Crippen LogP contribution in [0.1, 0.15) is 46.5 Å². The molecule has 0 aromatic heterocycles. The van der Waals surface area contributed by atoms with Gasteiger partial charge in [0.2, 0.25) is 17.7 Å². The number of carbonyl (C=O) groups excluding carboxylic acids is 3. The Morgan fingerprint density at radius 1 is 1.10 bits per heavy atom. The number of nitrogens with one attached hydrogen (secondary N) is 2. The predicted molar refractivity (Wildman–Crippen MR) is 102 cm³/mol. The van der Waals surface area contributed by atoms with E-state index < -0.39 is 53.8 Å². The third kappa shape index (κ3) is 7.00. The number of rotatable bonds is 10. The van der Waals surface area contributed by atoms with Crippen LogP contribution in [0, 0.1) is 5.92 Å². The number of carbonyl (C=O) groups is 5. The van der Waals surface area contributed by atoms with Crippen molar-refractivity contribution in [1.82, 2.24) is 15.5 Å². The van der Waals surface area contributed by atoms with Crippen molar-refractivity contribution in [2.75, 3.05) is 6.54 Å². The standard InChI is InChI=1S/C18H30N4O7/c1-9(2)14(19)16(26)21-11(6-7-13(23)24)17(27)22-8-4-5-12(22)15(25)20-10(3)18(28)29/h9-12,14H,4-8,19H2,1-3H3,(H,20,25)(H,21,26)(H,23,24)(H,28,29). The van der Waals surface area contributed by atoms with Gasteiger partial charge in [-0.2, -0.15) is 0 Å². The highest BCUT2D eigenvalue weighted by atomic mass is 16.4. The molecule has 4 unspecified atom stereocenters. The average Bonchev–Trinajstić information content (AvgIpc) is 3.13. The molecule has 0 aromatic carbocycles. The van der Waals surface area contributed by atoms with Crippen molar-refractivity contribution in [1.29, 1.82) is 0 Å². The molecule has 164 valence electrons. The number of carboxylic acid groups (broad SMARTS) is 2. The molecule has 0 spiro atoms. The van der Waals surface area contributed by atoms with Crippen LogP contribution in [0.4, 0.5) is 0 Å². The number of nitrogens with zero attached hydrogens (tertiary/aromatic N) is 1. The minimum Gasteiger partial charge on any atom is -0.481 e. The lowest BCUT2D eigenvalue weighted by Crippen LogP contribution is -2.57. The number of nitrogens with two attached hydrogens (primary N) is 1. The molecule has 3 amide bonds. The number of aliphatic carboxylic acids is 2. The van der Waals surface area contributed by atoms with Crippen LogP contribution < -0.4 is 16.4 Å². The van der Waals surface area contributed by atoms with Crippen molar-refractivity contribution in [3.63, 3.8) is 0 Å². The molecule has 4 atom stereocenters. The molecule has 1 aliphatic rings. The summed E-state index contributed by atoms with van der Waals surface area (Å²) in [4.78, 5) is 60.9. The van der Waals surface area contributed by atoms with Crippen molar-refractivity contribution >= 4 is 29.7 Å². The van der Waals surface area contributed by atoms with Crippen LogP contribution in [0.2, 0.25) is 0 Å². The van der Waals surface area contributed by atoms with Gasteiger partial charge >= 0.3 is 11.9 Å². The van der Waals surface area contributed by atoms with Gasteiger partial charge in [0.1, 0.15) is 18.1 Å². The normalized spacial score (nSPS) is 19.3. The van der Waals surface area contributed by atoms with Crippen LogP contribution in [0.25, 0.3) is 0 Å². The molecule has 11 heteroatoms. The zero-order chi connectivity index (χ0) is 22.3. The fourth-order valence-electron chi connectivity index (χ4n) is 2.97. The summed E-state index contributed by atoms with van der Waals surface area (Å²) in [6.07, 6.45) is 0.362. The van der Waals surface area contributed by atoms with E-state index >= 15 is 0 Å². The molecule has 0 bridgehead atoms. The molecule has 0 saturated carbocycles. The molecule has 0 radical (unpaired) electrons. The first kappa shape index (κ1) is 24.3. The largest absolute Gasteiger partial charge is 0.481 e. The van der Waals surface area contributed by atoms with Gasteiger partial charge in [0.25, 0.3) is 0 Å². The van der Waals surface area contributed by atoms with Gasteiger partial charge in [0.05, 0.1) is 6.04 Å².